The first-order valence-corrected chi connectivity index (χ1v) is 11.1. The first-order valence-electron chi connectivity index (χ1n) is 11.1. The van der Waals surface area contributed by atoms with Gasteiger partial charge in [-0.25, -0.2) is 4.39 Å². The van der Waals surface area contributed by atoms with Crippen LogP contribution in [0.2, 0.25) is 0 Å². The van der Waals surface area contributed by atoms with Crippen LogP contribution in [0.25, 0.3) is 11.1 Å². The van der Waals surface area contributed by atoms with Crippen molar-refractivity contribution in [1.82, 2.24) is 4.90 Å². The molecule has 1 aliphatic carbocycles. The molecule has 0 radical (unpaired) electrons. The Morgan fingerprint density at radius 1 is 1.13 bits per heavy atom. The number of fused-ring (bicyclic) bond motifs is 2. The summed E-state index contributed by atoms with van der Waals surface area (Å²) in [5.74, 6) is -0.447. The Bertz CT molecular complexity index is 1050. The summed E-state index contributed by atoms with van der Waals surface area (Å²) >= 11 is 0. The summed E-state index contributed by atoms with van der Waals surface area (Å²) < 4.78 is 14.4. The molecule has 2 aromatic rings. The van der Waals surface area contributed by atoms with Crippen LogP contribution in [0.4, 0.5) is 10.1 Å². The van der Waals surface area contributed by atoms with E-state index in [4.69, 9.17) is 11.0 Å². The van der Waals surface area contributed by atoms with Crippen molar-refractivity contribution in [2.24, 2.45) is 11.1 Å². The summed E-state index contributed by atoms with van der Waals surface area (Å²) in [5, 5.41) is 9.10. The zero-order valence-corrected chi connectivity index (χ0v) is 17.1. The summed E-state index contributed by atoms with van der Waals surface area (Å²) in [5.41, 5.74) is 11.3. The van der Waals surface area contributed by atoms with Gasteiger partial charge in [0.15, 0.2) is 0 Å². The molecule has 4 fully saturated rings. The zero-order valence-electron chi connectivity index (χ0n) is 17.1. The zero-order chi connectivity index (χ0) is 20.5. The standard InChI is InChI=1S/C25H27FN4/c26-21-10-17(2-3-18(21)12-27)20-9-16(13-30-19-4-6-24(30)22(28)11-19)1-5-23(20)29-14-25(15-29)7-8-25/h1-3,5,9-10,19,22,24H,4,6-8,11,13-15,28H2/t19-,22+,24+/m1/s1. The van der Waals surface area contributed by atoms with Crippen LogP contribution in [-0.2, 0) is 6.54 Å². The molecule has 4 nitrogen and oxygen atoms in total. The highest BCUT2D eigenvalue weighted by Gasteiger charge is 2.52. The van der Waals surface area contributed by atoms with Crippen LogP contribution in [0.15, 0.2) is 36.4 Å². The van der Waals surface area contributed by atoms with Crippen molar-refractivity contribution in [3.63, 3.8) is 0 Å². The van der Waals surface area contributed by atoms with Gasteiger partial charge in [-0.1, -0.05) is 12.1 Å². The smallest absolute Gasteiger partial charge is 0.141 e. The number of benzene rings is 2. The van der Waals surface area contributed by atoms with Gasteiger partial charge < -0.3 is 10.6 Å². The lowest BCUT2D eigenvalue weighted by molar-refractivity contribution is 0.239. The van der Waals surface area contributed by atoms with E-state index in [9.17, 15) is 4.39 Å². The fraction of sp³-hybridized carbons (Fsp3) is 0.480. The Balaban J connectivity index is 1.35. The number of rotatable bonds is 4. The predicted octanol–water partition coefficient (Wildman–Crippen LogP) is 4.03. The number of hydrogen-bond donors (Lipinski definition) is 1. The molecule has 3 saturated heterocycles. The third-order valence-corrected chi connectivity index (χ3v) is 7.91. The van der Waals surface area contributed by atoms with Gasteiger partial charge >= 0.3 is 0 Å². The monoisotopic (exact) mass is 402 g/mol. The molecule has 0 aromatic heterocycles. The molecule has 0 unspecified atom stereocenters. The van der Waals surface area contributed by atoms with Gasteiger partial charge in [0.2, 0.25) is 0 Å². The van der Waals surface area contributed by atoms with E-state index in [0.29, 0.717) is 23.5 Å². The largest absolute Gasteiger partial charge is 0.370 e. The van der Waals surface area contributed by atoms with E-state index >= 15 is 0 Å². The third-order valence-electron chi connectivity index (χ3n) is 7.91. The lowest BCUT2D eigenvalue weighted by atomic mass is 9.92. The van der Waals surface area contributed by atoms with Crippen LogP contribution in [0.1, 0.15) is 43.2 Å². The van der Waals surface area contributed by atoms with Crippen LogP contribution in [0, 0.1) is 22.6 Å². The molecule has 1 spiro atoms. The third kappa shape index (κ3) is 2.85. The normalized spacial score (nSPS) is 28.6. The van der Waals surface area contributed by atoms with E-state index in [2.05, 4.69) is 28.0 Å². The fourth-order valence-corrected chi connectivity index (χ4v) is 6.00. The summed E-state index contributed by atoms with van der Waals surface area (Å²) in [6, 6.07) is 15.0. The maximum absolute atomic E-state index is 14.4. The van der Waals surface area contributed by atoms with Crippen molar-refractivity contribution in [3.05, 3.63) is 53.3 Å². The van der Waals surface area contributed by atoms with E-state index in [1.807, 2.05) is 12.1 Å². The van der Waals surface area contributed by atoms with E-state index in [1.165, 1.54) is 43.0 Å². The highest BCUT2D eigenvalue weighted by atomic mass is 19.1. The maximum atomic E-state index is 14.4. The minimum absolute atomic E-state index is 0.0972. The number of anilines is 1. The highest BCUT2D eigenvalue weighted by molar-refractivity contribution is 5.80. The minimum Gasteiger partial charge on any atom is -0.370 e. The number of nitriles is 1. The fourth-order valence-electron chi connectivity index (χ4n) is 6.00. The molecular formula is C25H27FN4. The molecule has 6 rings (SSSR count). The van der Waals surface area contributed by atoms with Gasteiger partial charge in [-0.05, 0) is 67.5 Å². The van der Waals surface area contributed by atoms with Gasteiger partial charge in [0.25, 0.3) is 0 Å². The van der Waals surface area contributed by atoms with Crippen LogP contribution < -0.4 is 10.6 Å². The average Bonchev–Trinajstić information content (AvgIpc) is 3.37. The summed E-state index contributed by atoms with van der Waals surface area (Å²) in [6.07, 6.45) is 6.22. The minimum atomic E-state index is -0.447. The van der Waals surface area contributed by atoms with Gasteiger partial charge in [-0.3, -0.25) is 4.90 Å². The van der Waals surface area contributed by atoms with Crippen molar-refractivity contribution in [2.45, 2.75) is 56.8 Å². The average molecular weight is 403 g/mol. The Morgan fingerprint density at radius 2 is 1.97 bits per heavy atom. The lowest BCUT2D eigenvalue weighted by Gasteiger charge is -2.43. The molecule has 154 valence electrons. The molecule has 3 aliphatic heterocycles. The molecule has 2 N–H and O–H groups in total. The molecule has 0 amide bonds. The molecule has 2 aromatic carbocycles. The Hall–Kier alpha value is -2.42. The number of nitrogens with two attached hydrogens (primary N) is 1. The lowest BCUT2D eigenvalue weighted by Crippen LogP contribution is -2.48. The van der Waals surface area contributed by atoms with Crippen LogP contribution in [0.5, 0.6) is 0 Å². The maximum Gasteiger partial charge on any atom is 0.141 e. The van der Waals surface area contributed by atoms with E-state index in [1.54, 1.807) is 6.07 Å². The number of nitrogens with zero attached hydrogens (tertiary/aromatic N) is 3. The van der Waals surface area contributed by atoms with Crippen LogP contribution in [-0.4, -0.2) is 36.1 Å². The van der Waals surface area contributed by atoms with Gasteiger partial charge in [0.1, 0.15) is 11.9 Å². The second-order valence-electron chi connectivity index (χ2n) is 9.88. The summed E-state index contributed by atoms with van der Waals surface area (Å²) in [4.78, 5) is 5.00. The second-order valence-corrected chi connectivity index (χ2v) is 9.88. The predicted molar refractivity (Wildman–Crippen MR) is 115 cm³/mol. The SMILES string of the molecule is N#Cc1ccc(-c2cc(CN3[C@@H]4CC[C@H]3[C@@H](N)C4)ccc2N2CC3(CC3)C2)cc1F. The van der Waals surface area contributed by atoms with E-state index in [-0.39, 0.29) is 5.56 Å². The molecule has 5 heteroatoms. The molecule has 1 saturated carbocycles. The quantitative estimate of drug-likeness (QED) is 0.839. The van der Waals surface area contributed by atoms with Crippen molar-refractivity contribution in [1.29, 1.82) is 5.26 Å². The van der Waals surface area contributed by atoms with E-state index in [0.717, 1.165) is 37.2 Å². The molecule has 2 bridgehead atoms. The van der Waals surface area contributed by atoms with Gasteiger partial charge in [0.05, 0.1) is 5.56 Å². The Kier molecular flexibility index (Phi) is 4.00. The van der Waals surface area contributed by atoms with Crippen molar-refractivity contribution in [3.8, 4) is 17.2 Å². The number of halogens is 1. The van der Waals surface area contributed by atoms with E-state index < -0.39 is 5.82 Å². The van der Waals surface area contributed by atoms with Crippen molar-refractivity contribution < 1.29 is 4.39 Å². The highest BCUT2D eigenvalue weighted by Crippen LogP contribution is 2.55. The van der Waals surface area contributed by atoms with Gasteiger partial charge in [-0.2, -0.15) is 5.26 Å². The number of hydrogen-bond acceptors (Lipinski definition) is 4. The Labute approximate surface area is 177 Å². The van der Waals surface area contributed by atoms with Crippen molar-refractivity contribution >= 4 is 5.69 Å². The second kappa shape index (κ2) is 6.54. The Morgan fingerprint density at radius 3 is 2.60 bits per heavy atom. The van der Waals surface area contributed by atoms with Crippen LogP contribution >= 0.6 is 0 Å². The van der Waals surface area contributed by atoms with Gasteiger partial charge in [0, 0.05) is 54.4 Å². The summed E-state index contributed by atoms with van der Waals surface area (Å²) in [6.45, 7) is 3.10. The van der Waals surface area contributed by atoms with Gasteiger partial charge in [-0.15, -0.1) is 0 Å². The molecule has 3 atom stereocenters. The first-order chi connectivity index (χ1) is 14.5. The van der Waals surface area contributed by atoms with Crippen LogP contribution in [0.3, 0.4) is 0 Å². The molecule has 3 heterocycles. The molecule has 4 aliphatic rings. The molecule has 30 heavy (non-hydrogen) atoms. The van der Waals surface area contributed by atoms with Crippen molar-refractivity contribution in [2.75, 3.05) is 18.0 Å². The molecular weight excluding hydrogens is 375 g/mol. The topological polar surface area (TPSA) is 56.3 Å². The summed E-state index contributed by atoms with van der Waals surface area (Å²) in [7, 11) is 0. The first kappa shape index (κ1) is 18.4.